The molecule has 0 aliphatic carbocycles. The highest BCUT2D eigenvalue weighted by atomic mass is 16.5. The van der Waals surface area contributed by atoms with Gasteiger partial charge in [0.05, 0.1) is 0 Å². The van der Waals surface area contributed by atoms with E-state index in [1.54, 1.807) is 0 Å². The zero-order chi connectivity index (χ0) is 13.9. The first-order chi connectivity index (χ1) is 9.76. The predicted octanol–water partition coefficient (Wildman–Crippen LogP) is 2.45. The molecule has 2 aliphatic rings. The van der Waals surface area contributed by atoms with Crippen LogP contribution in [0.1, 0.15) is 32.3 Å². The molecular weight excluding hydrogens is 248 g/mol. The summed E-state index contributed by atoms with van der Waals surface area (Å²) in [5, 5.41) is 3.66. The van der Waals surface area contributed by atoms with Crippen molar-refractivity contribution in [1.82, 2.24) is 10.2 Å². The highest BCUT2D eigenvalue weighted by molar-refractivity contribution is 5.37. The Morgan fingerprint density at radius 1 is 1.35 bits per heavy atom. The van der Waals surface area contributed by atoms with Gasteiger partial charge in [-0.15, -0.1) is 0 Å². The smallest absolute Gasteiger partial charge is 0.123 e. The maximum atomic E-state index is 6.09. The van der Waals surface area contributed by atoms with Gasteiger partial charge in [0, 0.05) is 38.1 Å². The van der Waals surface area contributed by atoms with E-state index in [0.717, 1.165) is 31.8 Å². The molecule has 3 nitrogen and oxygen atoms in total. The number of para-hydroxylation sites is 1. The summed E-state index contributed by atoms with van der Waals surface area (Å²) in [6.45, 7) is 7.89. The lowest BCUT2D eigenvalue weighted by molar-refractivity contribution is 0.0855. The highest BCUT2D eigenvalue weighted by Crippen LogP contribution is 2.29. The number of nitrogens with one attached hydrogen (secondary N) is 1. The fourth-order valence-corrected chi connectivity index (χ4v) is 3.41. The molecule has 0 spiro atoms. The van der Waals surface area contributed by atoms with E-state index in [-0.39, 0.29) is 0 Å². The van der Waals surface area contributed by atoms with Gasteiger partial charge in [-0.05, 0) is 25.0 Å². The van der Waals surface area contributed by atoms with Crippen LogP contribution in [0.25, 0.3) is 0 Å². The van der Waals surface area contributed by atoms with E-state index in [1.165, 1.54) is 18.4 Å². The maximum absolute atomic E-state index is 6.09. The van der Waals surface area contributed by atoms with Crippen molar-refractivity contribution in [2.45, 2.75) is 51.3 Å². The monoisotopic (exact) mass is 274 g/mol. The van der Waals surface area contributed by atoms with E-state index in [0.29, 0.717) is 18.2 Å². The van der Waals surface area contributed by atoms with Gasteiger partial charge in [-0.3, -0.25) is 4.90 Å². The Labute approximate surface area is 122 Å². The van der Waals surface area contributed by atoms with E-state index < -0.39 is 0 Å². The molecule has 1 N–H and O–H groups in total. The molecular formula is C17H26N2O. The molecule has 1 fully saturated rings. The van der Waals surface area contributed by atoms with Crippen LogP contribution in [0.5, 0.6) is 5.75 Å². The Morgan fingerprint density at radius 2 is 2.20 bits per heavy atom. The van der Waals surface area contributed by atoms with Gasteiger partial charge < -0.3 is 10.1 Å². The van der Waals surface area contributed by atoms with Gasteiger partial charge in [-0.1, -0.05) is 31.5 Å². The Hall–Kier alpha value is -1.06. The van der Waals surface area contributed by atoms with Crippen LogP contribution in [0, 0.1) is 0 Å². The second-order valence-electron chi connectivity index (χ2n) is 6.25. The van der Waals surface area contributed by atoms with Crippen molar-refractivity contribution in [3.63, 3.8) is 0 Å². The molecule has 2 heterocycles. The zero-order valence-electron chi connectivity index (χ0n) is 12.6. The average Bonchev–Trinajstić information content (AvgIpc) is 2.85. The summed E-state index contributed by atoms with van der Waals surface area (Å²) in [6, 6.07) is 9.71. The molecule has 0 aromatic heterocycles. The topological polar surface area (TPSA) is 24.5 Å². The van der Waals surface area contributed by atoms with Crippen molar-refractivity contribution in [2.24, 2.45) is 0 Å². The summed E-state index contributed by atoms with van der Waals surface area (Å²) in [6.07, 6.45) is 3.92. The summed E-state index contributed by atoms with van der Waals surface area (Å²) >= 11 is 0. The summed E-state index contributed by atoms with van der Waals surface area (Å²) in [4.78, 5) is 2.60. The summed E-state index contributed by atoms with van der Waals surface area (Å²) < 4.78 is 6.09. The van der Waals surface area contributed by atoms with Crippen molar-refractivity contribution in [2.75, 3.05) is 19.6 Å². The highest BCUT2D eigenvalue weighted by Gasteiger charge is 2.30. The average molecular weight is 274 g/mol. The van der Waals surface area contributed by atoms with Crippen LogP contribution in [0.15, 0.2) is 24.3 Å². The Bertz CT molecular complexity index is 423. The molecule has 0 saturated carbocycles. The molecule has 1 saturated heterocycles. The van der Waals surface area contributed by atoms with Crippen LogP contribution in [-0.4, -0.2) is 42.7 Å². The number of fused-ring (bicyclic) bond motifs is 1. The SMILES string of the molecule is CCCC1CN(CC2Cc3ccccc3O2)C(C)CN1. The number of ether oxygens (including phenoxy) is 1. The third kappa shape index (κ3) is 2.99. The van der Waals surface area contributed by atoms with Crippen LogP contribution >= 0.6 is 0 Å². The summed E-state index contributed by atoms with van der Waals surface area (Å²) in [5.74, 6) is 1.09. The van der Waals surface area contributed by atoms with E-state index in [9.17, 15) is 0 Å². The van der Waals surface area contributed by atoms with Crippen LogP contribution in [0.2, 0.25) is 0 Å². The lowest BCUT2D eigenvalue weighted by Crippen LogP contribution is -2.57. The Kier molecular flexibility index (Phi) is 4.27. The molecule has 3 atom stereocenters. The minimum absolute atomic E-state index is 0.329. The molecule has 110 valence electrons. The largest absolute Gasteiger partial charge is 0.488 e. The van der Waals surface area contributed by atoms with Crippen molar-refractivity contribution in [3.05, 3.63) is 29.8 Å². The Morgan fingerprint density at radius 3 is 3.00 bits per heavy atom. The number of hydrogen-bond acceptors (Lipinski definition) is 3. The number of rotatable bonds is 4. The van der Waals surface area contributed by atoms with Crippen molar-refractivity contribution in [3.8, 4) is 5.75 Å². The van der Waals surface area contributed by atoms with Crippen LogP contribution in [0.4, 0.5) is 0 Å². The van der Waals surface area contributed by atoms with Crippen LogP contribution in [-0.2, 0) is 6.42 Å². The van der Waals surface area contributed by atoms with Crippen LogP contribution < -0.4 is 10.1 Å². The summed E-state index contributed by atoms with van der Waals surface area (Å²) in [7, 11) is 0. The van der Waals surface area contributed by atoms with Gasteiger partial charge in [0.1, 0.15) is 11.9 Å². The number of nitrogens with zero attached hydrogens (tertiary/aromatic N) is 1. The van der Waals surface area contributed by atoms with E-state index >= 15 is 0 Å². The van der Waals surface area contributed by atoms with E-state index in [2.05, 4.69) is 48.3 Å². The lowest BCUT2D eigenvalue weighted by atomic mass is 10.0. The molecule has 2 aliphatic heterocycles. The van der Waals surface area contributed by atoms with Crippen molar-refractivity contribution >= 4 is 0 Å². The van der Waals surface area contributed by atoms with Crippen LogP contribution in [0.3, 0.4) is 0 Å². The molecule has 3 unspecified atom stereocenters. The summed E-state index contributed by atoms with van der Waals surface area (Å²) in [5.41, 5.74) is 1.37. The number of piperazine rings is 1. The molecule has 20 heavy (non-hydrogen) atoms. The van der Waals surface area contributed by atoms with Gasteiger partial charge >= 0.3 is 0 Å². The lowest BCUT2D eigenvalue weighted by Gasteiger charge is -2.39. The molecule has 3 heteroatoms. The molecule has 0 radical (unpaired) electrons. The maximum Gasteiger partial charge on any atom is 0.123 e. The first-order valence-electron chi connectivity index (χ1n) is 7.98. The van der Waals surface area contributed by atoms with E-state index in [4.69, 9.17) is 4.74 Å². The number of hydrogen-bond donors (Lipinski definition) is 1. The fraction of sp³-hybridized carbons (Fsp3) is 0.647. The standard InChI is InChI=1S/C17H26N2O/c1-3-6-15-11-19(13(2)10-18-15)12-16-9-14-7-4-5-8-17(14)20-16/h4-5,7-8,13,15-16,18H,3,6,9-12H2,1-2H3. The fourth-order valence-electron chi connectivity index (χ4n) is 3.41. The molecule has 3 rings (SSSR count). The van der Waals surface area contributed by atoms with Gasteiger partial charge in [0.2, 0.25) is 0 Å². The van der Waals surface area contributed by atoms with Gasteiger partial charge in [0.25, 0.3) is 0 Å². The predicted molar refractivity (Wildman–Crippen MR) is 82.3 cm³/mol. The van der Waals surface area contributed by atoms with Gasteiger partial charge in [-0.25, -0.2) is 0 Å². The molecule has 0 bridgehead atoms. The third-order valence-corrected chi connectivity index (χ3v) is 4.57. The second-order valence-corrected chi connectivity index (χ2v) is 6.25. The second kappa shape index (κ2) is 6.15. The third-order valence-electron chi connectivity index (χ3n) is 4.57. The minimum atomic E-state index is 0.329. The van der Waals surface area contributed by atoms with Gasteiger partial charge in [0.15, 0.2) is 0 Å². The minimum Gasteiger partial charge on any atom is -0.488 e. The first kappa shape index (κ1) is 13.9. The molecule has 1 aromatic carbocycles. The van der Waals surface area contributed by atoms with Crippen molar-refractivity contribution < 1.29 is 4.74 Å². The van der Waals surface area contributed by atoms with Crippen molar-refractivity contribution in [1.29, 1.82) is 0 Å². The van der Waals surface area contributed by atoms with Gasteiger partial charge in [-0.2, -0.15) is 0 Å². The first-order valence-corrected chi connectivity index (χ1v) is 7.98. The Balaban J connectivity index is 1.58. The molecule has 1 aromatic rings. The quantitative estimate of drug-likeness (QED) is 0.913. The molecule has 0 amide bonds. The zero-order valence-corrected chi connectivity index (χ0v) is 12.6. The number of benzene rings is 1. The normalized spacial score (nSPS) is 30.0. The van der Waals surface area contributed by atoms with E-state index in [1.807, 2.05) is 0 Å².